The van der Waals surface area contributed by atoms with Crippen LogP contribution in [0.15, 0.2) is 10.5 Å². The van der Waals surface area contributed by atoms with E-state index in [4.69, 9.17) is 4.74 Å². The second kappa shape index (κ2) is 5.95. The molecule has 0 amide bonds. The highest BCUT2D eigenvalue weighted by atomic mass is 79.9. The Labute approximate surface area is 127 Å². The Morgan fingerprint density at radius 1 is 1.35 bits per heavy atom. The summed E-state index contributed by atoms with van der Waals surface area (Å²) in [5.41, 5.74) is 1.11. The molecule has 4 nitrogen and oxygen atoms in total. The Bertz CT molecular complexity index is 556. The number of benzene rings is 1. The number of hydrogen-bond acceptors (Lipinski definition) is 3. The van der Waals surface area contributed by atoms with E-state index in [0.29, 0.717) is 5.56 Å². The van der Waals surface area contributed by atoms with Crippen molar-refractivity contribution < 1.29 is 19.4 Å². The smallest absolute Gasteiger partial charge is 0.339 e. The molecule has 110 valence electrons. The van der Waals surface area contributed by atoms with Gasteiger partial charge in [-0.2, -0.15) is 0 Å². The summed E-state index contributed by atoms with van der Waals surface area (Å²) < 4.78 is 5.68. The van der Waals surface area contributed by atoms with Crippen molar-refractivity contribution in [3.8, 4) is 0 Å². The van der Waals surface area contributed by atoms with E-state index >= 15 is 0 Å². The predicted molar refractivity (Wildman–Crippen MR) is 80.5 cm³/mol. The molecule has 0 saturated carbocycles. The lowest BCUT2D eigenvalue weighted by Crippen LogP contribution is -2.22. The lowest BCUT2D eigenvalue weighted by atomic mass is 9.81. The molecular weight excluding hydrogens is 324 g/mol. The van der Waals surface area contributed by atoms with Crippen molar-refractivity contribution in [2.24, 2.45) is 0 Å². The molecule has 0 aliphatic carbocycles. The van der Waals surface area contributed by atoms with Crippen LogP contribution in [0.25, 0.3) is 0 Å². The number of ether oxygens (including phenoxy) is 1. The van der Waals surface area contributed by atoms with Crippen molar-refractivity contribution in [3.05, 3.63) is 32.8 Å². The fraction of sp³-hybridized carbons (Fsp3) is 0.467. The minimum absolute atomic E-state index is 0.00780. The van der Waals surface area contributed by atoms with Gasteiger partial charge >= 0.3 is 11.9 Å². The Hall–Kier alpha value is -1.36. The van der Waals surface area contributed by atoms with Crippen molar-refractivity contribution in [1.29, 1.82) is 0 Å². The summed E-state index contributed by atoms with van der Waals surface area (Å²) >= 11 is 3.44. The Morgan fingerprint density at radius 3 is 2.30 bits per heavy atom. The summed E-state index contributed by atoms with van der Waals surface area (Å²) in [6, 6.07) is 1.56. The normalized spacial score (nSPS) is 11.3. The molecule has 0 aromatic heterocycles. The van der Waals surface area contributed by atoms with E-state index < -0.39 is 17.4 Å². The first-order chi connectivity index (χ1) is 9.11. The van der Waals surface area contributed by atoms with Crippen molar-refractivity contribution >= 4 is 27.9 Å². The van der Waals surface area contributed by atoms with Crippen LogP contribution < -0.4 is 0 Å². The van der Waals surface area contributed by atoms with Crippen molar-refractivity contribution in [3.63, 3.8) is 0 Å². The second-order valence-electron chi connectivity index (χ2n) is 5.58. The highest BCUT2D eigenvalue weighted by molar-refractivity contribution is 9.10. The van der Waals surface area contributed by atoms with Gasteiger partial charge in [0.25, 0.3) is 0 Å². The average Bonchev–Trinajstić information content (AvgIpc) is 2.30. The first-order valence-electron chi connectivity index (χ1n) is 6.35. The molecule has 1 aromatic carbocycles. The molecule has 1 aromatic rings. The van der Waals surface area contributed by atoms with Gasteiger partial charge in [0, 0.05) is 4.47 Å². The largest absolute Gasteiger partial charge is 0.478 e. The monoisotopic (exact) mass is 342 g/mol. The van der Waals surface area contributed by atoms with E-state index in [2.05, 4.69) is 15.9 Å². The zero-order valence-electron chi connectivity index (χ0n) is 12.3. The molecule has 0 aliphatic heterocycles. The van der Waals surface area contributed by atoms with E-state index in [9.17, 15) is 14.7 Å². The minimum atomic E-state index is -1.13. The standard InChI is InChI=1S/C15H19BrO4/c1-6-20-14(19)9-7-8(2)12(16)11(15(3,4)5)10(9)13(17)18/h7H,6H2,1-5H3,(H,17,18). The van der Waals surface area contributed by atoms with Crippen LogP contribution in [0.4, 0.5) is 0 Å². The Balaban J connectivity index is 3.74. The molecule has 0 aliphatic rings. The van der Waals surface area contributed by atoms with Crippen LogP contribution in [0.2, 0.25) is 0 Å². The zero-order chi connectivity index (χ0) is 15.7. The first kappa shape index (κ1) is 16.7. The van der Waals surface area contributed by atoms with E-state index in [0.717, 1.165) is 10.0 Å². The van der Waals surface area contributed by atoms with Gasteiger partial charge in [0.2, 0.25) is 0 Å². The highest BCUT2D eigenvalue weighted by Gasteiger charge is 2.30. The molecule has 0 fully saturated rings. The summed E-state index contributed by atoms with van der Waals surface area (Å²) in [6.07, 6.45) is 0. The third-order valence-electron chi connectivity index (χ3n) is 2.91. The fourth-order valence-corrected chi connectivity index (χ4v) is 3.00. The van der Waals surface area contributed by atoms with Crippen LogP contribution in [0.5, 0.6) is 0 Å². The quantitative estimate of drug-likeness (QED) is 0.845. The summed E-state index contributed by atoms with van der Waals surface area (Å²) in [5, 5.41) is 9.51. The maximum absolute atomic E-state index is 12.0. The molecule has 0 saturated heterocycles. The number of rotatable bonds is 3. The Morgan fingerprint density at radius 2 is 1.90 bits per heavy atom. The summed E-state index contributed by atoms with van der Waals surface area (Å²) in [5.74, 6) is -1.73. The maximum atomic E-state index is 12.0. The fourth-order valence-electron chi connectivity index (χ4n) is 2.09. The average molecular weight is 343 g/mol. The molecule has 0 atom stereocenters. The molecule has 0 bridgehead atoms. The highest BCUT2D eigenvalue weighted by Crippen LogP contribution is 2.37. The van der Waals surface area contributed by atoms with Gasteiger partial charge in [-0.25, -0.2) is 9.59 Å². The van der Waals surface area contributed by atoms with Gasteiger partial charge in [-0.1, -0.05) is 36.7 Å². The lowest BCUT2D eigenvalue weighted by Gasteiger charge is -2.25. The number of carboxylic acid groups (broad SMARTS) is 1. The van der Waals surface area contributed by atoms with Gasteiger partial charge in [-0.05, 0) is 36.5 Å². The lowest BCUT2D eigenvalue weighted by molar-refractivity contribution is 0.0513. The number of aryl methyl sites for hydroxylation is 1. The number of halogens is 1. The number of hydrogen-bond donors (Lipinski definition) is 1. The molecule has 1 N–H and O–H groups in total. The van der Waals surface area contributed by atoms with Crippen LogP contribution in [0.1, 0.15) is 59.5 Å². The Kier molecular flexibility index (Phi) is 4.97. The number of aromatic carboxylic acids is 1. The van der Waals surface area contributed by atoms with Crippen LogP contribution in [-0.4, -0.2) is 23.7 Å². The molecule has 20 heavy (non-hydrogen) atoms. The van der Waals surface area contributed by atoms with Gasteiger partial charge in [0.05, 0.1) is 17.7 Å². The molecule has 0 radical (unpaired) electrons. The number of carboxylic acids is 1. The van der Waals surface area contributed by atoms with Crippen molar-refractivity contribution in [2.45, 2.75) is 40.0 Å². The maximum Gasteiger partial charge on any atom is 0.339 e. The number of carbonyl (C=O) groups is 2. The molecule has 1 rings (SSSR count). The van der Waals surface area contributed by atoms with Crippen LogP contribution >= 0.6 is 15.9 Å². The SMILES string of the molecule is CCOC(=O)c1cc(C)c(Br)c(C(C)(C)C)c1C(=O)O. The molecule has 0 spiro atoms. The molecule has 0 heterocycles. The van der Waals surface area contributed by atoms with E-state index in [-0.39, 0.29) is 17.7 Å². The van der Waals surface area contributed by atoms with E-state index in [1.807, 2.05) is 27.7 Å². The number of carbonyl (C=O) groups excluding carboxylic acids is 1. The van der Waals surface area contributed by atoms with Gasteiger partial charge in [-0.15, -0.1) is 0 Å². The van der Waals surface area contributed by atoms with Gasteiger partial charge < -0.3 is 9.84 Å². The molecule has 0 unspecified atom stereocenters. The summed E-state index contributed by atoms with van der Waals surface area (Å²) in [6.45, 7) is 9.45. The topological polar surface area (TPSA) is 63.6 Å². The third kappa shape index (κ3) is 3.20. The second-order valence-corrected chi connectivity index (χ2v) is 6.37. The first-order valence-corrected chi connectivity index (χ1v) is 7.14. The van der Waals surface area contributed by atoms with E-state index in [1.54, 1.807) is 13.0 Å². The van der Waals surface area contributed by atoms with Gasteiger partial charge in [0.15, 0.2) is 0 Å². The van der Waals surface area contributed by atoms with Crippen LogP contribution in [-0.2, 0) is 10.2 Å². The predicted octanol–water partition coefficient (Wildman–Crippen LogP) is 3.93. The van der Waals surface area contributed by atoms with Gasteiger partial charge in [0.1, 0.15) is 0 Å². The molecule has 5 heteroatoms. The van der Waals surface area contributed by atoms with Crippen molar-refractivity contribution in [1.82, 2.24) is 0 Å². The van der Waals surface area contributed by atoms with E-state index in [1.165, 1.54) is 0 Å². The van der Waals surface area contributed by atoms with Gasteiger partial charge in [-0.3, -0.25) is 0 Å². The van der Waals surface area contributed by atoms with Crippen LogP contribution in [0, 0.1) is 6.92 Å². The van der Waals surface area contributed by atoms with Crippen molar-refractivity contribution in [2.75, 3.05) is 6.61 Å². The number of esters is 1. The zero-order valence-corrected chi connectivity index (χ0v) is 13.9. The van der Waals surface area contributed by atoms with Crippen LogP contribution in [0.3, 0.4) is 0 Å². The molecular formula is C15H19BrO4. The third-order valence-corrected chi connectivity index (χ3v) is 3.93. The minimum Gasteiger partial charge on any atom is -0.478 e. The summed E-state index contributed by atoms with van der Waals surface area (Å²) in [4.78, 5) is 23.6. The summed E-state index contributed by atoms with van der Waals surface area (Å²) in [7, 11) is 0.